The minimum atomic E-state index is -3.47. The molecule has 48 heavy (non-hydrogen) atoms. The zero-order valence-corrected chi connectivity index (χ0v) is 29.4. The van der Waals surface area contributed by atoms with Crippen molar-refractivity contribution in [2.24, 2.45) is 0 Å². The molecule has 0 aliphatic carbocycles. The first-order valence-electron chi connectivity index (χ1n) is 16.8. The van der Waals surface area contributed by atoms with Crippen LogP contribution in [0.4, 0.5) is 19.5 Å². The molecule has 0 radical (unpaired) electrons. The van der Waals surface area contributed by atoms with Crippen molar-refractivity contribution >= 4 is 33.1 Å². The van der Waals surface area contributed by atoms with Crippen LogP contribution in [0.5, 0.6) is 0 Å². The van der Waals surface area contributed by atoms with E-state index in [-0.39, 0.29) is 46.9 Å². The molecule has 3 saturated heterocycles. The number of piperidine rings is 2. The maximum Gasteiger partial charge on any atom is 0.410 e. The third-order valence-corrected chi connectivity index (χ3v) is 11.9. The van der Waals surface area contributed by atoms with Crippen LogP contribution < -0.4 is 5.32 Å². The predicted molar refractivity (Wildman–Crippen MR) is 179 cm³/mol. The second kappa shape index (κ2) is 13.1. The van der Waals surface area contributed by atoms with Gasteiger partial charge in [-0.1, -0.05) is 0 Å². The van der Waals surface area contributed by atoms with Gasteiger partial charge in [0, 0.05) is 49.9 Å². The lowest BCUT2D eigenvalue weighted by Gasteiger charge is -2.47. The summed E-state index contributed by atoms with van der Waals surface area (Å²) in [5.74, 6) is -0.349. The average molecular weight is 689 g/mol. The first-order chi connectivity index (χ1) is 22.6. The van der Waals surface area contributed by atoms with E-state index < -0.39 is 32.5 Å². The van der Waals surface area contributed by atoms with Gasteiger partial charge in [0.05, 0.1) is 17.0 Å². The molecule has 5 heterocycles. The highest BCUT2D eigenvalue weighted by atomic mass is 32.2. The van der Waals surface area contributed by atoms with Gasteiger partial charge in [-0.2, -0.15) is 0 Å². The second-order valence-electron chi connectivity index (χ2n) is 14.5. The number of anilines is 1. The summed E-state index contributed by atoms with van der Waals surface area (Å²) >= 11 is 0. The number of halogens is 2. The van der Waals surface area contributed by atoms with Gasteiger partial charge >= 0.3 is 6.09 Å². The van der Waals surface area contributed by atoms with Crippen LogP contribution in [0.2, 0.25) is 0 Å². The van der Waals surface area contributed by atoms with Crippen LogP contribution in [0.15, 0.2) is 18.3 Å². The smallest absolute Gasteiger partial charge is 0.410 e. The van der Waals surface area contributed by atoms with Crippen molar-refractivity contribution in [3.63, 3.8) is 0 Å². The van der Waals surface area contributed by atoms with Gasteiger partial charge in [-0.3, -0.25) is 4.90 Å². The number of aryl methyl sites for hydroxylation is 1. The van der Waals surface area contributed by atoms with E-state index in [1.807, 2.05) is 46.1 Å². The van der Waals surface area contributed by atoms with Gasteiger partial charge in [-0.25, -0.2) is 41.3 Å². The zero-order valence-electron chi connectivity index (χ0n) is 28.5. The molecule has 3 fully saturated rings. The lowest BCUT2D eigenvalue weighted by Crippen LogP contribution is -2.63. The quantitative estimate of drug-likeness (QED) is 0.367. The largest absolute Gasteiger partial charge is 0.444 e. The van der Waals surface area contributed by atoms with Crippen molar-refractivity contribution in [2.75, 3.05) is 44.6 Å². The predicted octanol–water partition coefficient (Wildman–Crippen LogP) is 4.95. The Labute approximate surface area is 280 Å². The van der Waals surface area contributed by atoms with Crippen molar-refractivity contribution in [3.8, 4) is 11.3 Å². The van der Waals surface area contributed by atoms with E-state index in [0.717, 1.165) is 6.20 Å². The average Bonchev–Trinajstić information content (AvgIpc) is 3.33. The van der Waals surface area contributed by atoms with Crippen LogP contribution in [0.1, 0.15) is 72.2 Å². The molecule has 3 aromatic rings. The fourth-order valence-electron chi connectivity index (χ4n) is 7.05. The van der Waals surface area contributed by atoms with E-state index in [2.05, 4.69) is 25.2 Å². The first-order valence-corrected chi connectivity index (χ1v) is 18.3. The van der Waals surface area contributed by atoms with Crippen LogP contribution in [-0.2, 0) is 14.8 Å². The molecule has 1 aromatic carbocycles. The van der Waals surface area contributed by atoms with Crippen molar-refractivity contribution in [3.05, 3.63) is 35.8 Å². The second-order valence-corrected chi connectivity index (χ2v) is 16.7. The zero-order chi connectivity index (χ0) is 34.5. The van der Waals surface area contributed by atoms with Crippen molar-refractivity contribution in [2.45, 2.75) is 96.2 Å². The number of fused-ring (bicyclic) bond motifs is 1. The van der Waals surface area contributed by atoms with Crippen LogP contribution in [0.25, 0.3) is 22.3 Å². The van der Waals surface area contributed by atoms with Crippen LogP contribution >= 0.6 is 0 Å². The number of aromatic nitrogens is 4. The third kappa shape index (κ3) is 6.99. The molecular weight excluding hydrogens is 642 g/mol. The number of sulfonamides is 1. The number of likely N-dealkylation sites (tertiary alicyclic amines) is 2. The van der Waals surface area contributed by atoms with Gasteiger partial charge in [-0.15, -0.1) is 0 Å². The number of ether oxygens (including phenoxy) is 1. The van der Waals surface area contributed by atoms with Gasteiger partial charge in [0.15, 0.2) is 11.6 Å². The van der Waals surface area contributed by atoms with Gasteiger partial charge < -0.3 is 19.5 Å². The summed E-state index contributed by atoms with van der Waals surface area (Å²) in [6, 6.07) is 3.10. The van der Waals surface area contributed by atoms with Crippen molar-refractivity contribution in [1.82, 2.24) is 33.6 Å². The Bertz CT molecular complexity index is 1770. The van der Waals surface area contributed by atoms with E-state index in [4.69, 9.17) is 4.74 Å². The van der Waals surface area contributed by atoms with E-state index >= 15 is 4.39 Å². The van der Waals surface area contributed by atoms with E-state index in [1.54, 1.807) is 15.3 Å². The number of carbonyl (C=O) groups excluding carboxylic acids is 1. The fourth-order valence-corrected chi connectivity index (χ4v) is 8.99. The SMILES string of the molecule is Cc1nc2c(F)cc(-c3nc(NC4CCN(S(=O)(=O)C5CCN(C6CN(C(=O)OC(C)(C)C)C6)CC5)CC4)ncc3F)cc2n1C(C)C. The number of carbonyl (C=O) groups is 1. The summed E-state index contributed by atoms with van der Waals surface area (Å²) in [6.07, 6.45) is 2.97. The van der Waals surface area contributed by atoms with Gasteiger partial charge in [0.25, 0.3) is 0 Å². The molecule has 1 N–H and O–H groups in total. The monoisotopic (exact) mass is 688 g/mol. The molecule has 0 saturated carbocycles. The Hall–Kier alpha value is -3.43. The number of nitrogens with zero attached hydrogens (tertiary/aromatic N) is 7. The first kappa shape index (κ1) is 34.4. The molecule has 262 valence electrons. The number of hydrogen-bond donors (Lipinski definition) is 1. The lowest BCUT2D eigenvalue weighted by molar-refractivity contribution is -0.0184. The number of amides is 1. The van der Waals surface area contributed by atoms with Gasteiger partial charge in [-0.05, 0) is 92.4 Å². The number of imidazole rings is 1. The lowest BCUT2D eigenvalue weighted by atomic mass is 10.0. The summed E-state index contributed by atoms with van der Waals surface area (Å²) in [4.78, 5) is 29.1. The Morgan fingerprint density at radius 2 is 1.67 bits per heavy atom. The van der Waals surface area contributed by atoms with Gasteiger partial charge in [0.2, 0.25) is 16.0 Å². The summed E-state index contributed by atoms with van der Waals surface area (Å²) in [6.45, 7) is 14.6. The fraction of sp³-hybridized carbons (Fsp3) is 0.636. The molecule has 0 atom stereocenters. The highest BCUT2D eigenvalue weighted by molar-refractivity contribution is 7.89. The van der Waals surface area contributed by atoms with Crippen LogP contribution in [0, 0.1) is 18.6 Å². The number of nitrogens with one attached hydrogen (secondary N) is 1. The Morgan fingerprint density at radius 3 is 2.29 bits per heavy atom. The summed E-state index contributed by atoms with van der Waals surface area (Å²) < 4.78 is 66.2. The standard InChI is InChI=1S/C33H46F2N8O4S/c1-20(2)43-21(3)37-30-26(34)15-22(16-28(30)43)29-27(35)17-36-31(39-29)38-23-7-13-42(14-8-23)48(45,46)25-9-11-40(12-10-25)24-18-41(19-24)32(44)47-33(4,5)6/h15-17,20,23-25H,7-14,18-19H2,1-6H3,(H,36,38,39). The molecular formula is C33H46F2N8O4S. The molecule has 2 aromatic heterocycles. The molecule has 0 unspecified atom stereocenters. The van der Waals surface area contributed by atoms with Gasteiger partial charge in [0.1, 0.15) is 22.6 Å². The molecule has 3 aliphatic rings. The minimum Gasteiger partial charge on any atom is -0.444 e. The van der Waals surface area contributed by atoms with Crippen LogP contribution in [-0.4, -0.2) is 110 Å². The minimum absolute atomic E-state index is 0.0201. The highest BCUT2D eigenvalue weighted by Crippen LogP contribution is 2.31. The highest BCUT2D eigenvalue weighted by Gasteiger charge is 2.41. The van der Waals surface area contributed by atoms with Crippen molar-refractivity contribution < 1.29 is 26.7 Å². The summed E-state index contributed by atoms with van der Waals surface area (Å²) in [5.41, 5.74) is 0.531. The number of rotatable bonds is 7. The summed E-state index contributed by atoms with van der Waals surface area (Å²) in [5, 5.41) is 2.81. The molecule has 1 amide bonds. The van der Waals surface area contributed by atoms with E-state index in [0.29, 0.717) is 76.3 Å². The van der Waals surface area contributed by atoms with E-state index in [9.17, 15) is 17.6 Å². The Kier molecular flexibility index (Phi) is 9.41. The molecule has 12 nitrogen and oxygen atoms in total. The third-order valence-electron chi connectivity index (χ3n) is 9.53. The normalized spacial score (nSPS) is 19.6. The molecule has 15 heteroatoms. The van der Waals surface area contributed by atoms with Crippen molar-refractivity contribution in [1.29, 1.82) is 0 Å². The molecule has 6 rings (SSSR count). The maximum atomic E-state index is 15.1. The molecule has 0 spiro atoms. The number of hydrogen-bond acceptors (Lipinski definition) is 9. The summed E-state index contributed by atoms with van der Waals surface area (Å²) in [7, 11) is -3.47. The Balaban J connectivity index is 1.03. The molecule has 0 bridgehead atoms. The topological polar surface area (TPSA) is 126 Å². The Morgan fingerprint density at radius 1 is 1.00 bits per heavy atom. The maximum absolute atomic E-state index is 15.1. The van der Waals surface area contributed by atoms with E-state index in [1.165, 1.54) is 6.07 Å². The van der Waals surface area contributed by atoms with Crippen LogP contribution in [0.3, 0.4) is 0 Å². The molecule has 3 aliphatic heterocycles. The number of benzene rings is 1.